The first-order valence-electron chi connectivity index (χ1n) is 8.35. The van der Waals surface area contributed by atoms with Gasteiger partial charge in [0, 0.05) is 18.8 Å². The summed E-state index contributed by atoms with van der Waals surface area (Å²) in [6.07, 6.45) is 2.57. The molecule has 2 heterocycles. The van der Waals surface area contributed by atoms with Crippen LogP contribution < -0.4 is 5.32 Å². The van der Waals surface area contributed by atoms with Crippen molar-refractivity contribution in [3.8, 4) is 0 Å². The smallest absolute Gasteiger partial charge is 0.254 e. The maximum absolute atomic E-state index is 12.5. The van der Waals surface area contributed by atoms with Crippen LogP contribution in [0.3, 0.4) is 0 Å². The van der Waals surface area contributed by atoms with E-state index in [-0.39, 0.29) is 6.04 Å². The van der Waals surface area contributed by atoms with E-state index in [0.717, 1.165) is 11.0 Å². The minimum atomic E-state index is -1.26. The first kappa shape index (κ1) is 17.2. The van der Waals surface area contributed by atoms with Gasteiger partial charge in [-0.05, 0) is 24.5 Å². The largest absolute Gasteiger partial charge is 0.378 e. The molecule has 2 aromatic heterocycles. The molecule has 0 aliphatic heterocycles. The van der Waals surface area contributed by atoms with Crippen molar-refractivity contribution >= 4 is 16.9 Å². The summed E-state index contributed by atoms with van der Waals surface area (Å²) in [7, 11) is 1.74. The fraction of sp³-hybridized carbons (Fsp3) is 0.389. The standard InChI is InChI=1S/C18H23N5O2/c1-11(2)8-15(17-20-13-6-4-5-7-14(13)21-17)22-18(25)16(24)12-9-19-23(3)10-12/h4-7,9-11,15-16,24H,8H2,1-3H3,(H,20,21)(H,22,25)/t15-,16-/m1/s1. The molecule has 3 N–H and O–H groups in total. The summed E-state index contributed by atoms with van der Waals surface area (Å²) in [5.41, 5.74) is 2.24. The zero-order valence-electron chi connectivity index (χ0n) is 14.6. The van der Waals surface area contributed by atoms with E-state index in [1.54, 1.807) is 17.9 Å². The van der Waals surface area contributed by atoms with Crippen molar-refractivity contribution in [2.24, 2.45) is 13.0 Å². The Balaban J connectivity index is 1.81. The molecule has 0 spiro atoms. The van der Waals surface area contributed by atoms with Crippen LogP contribution in [0, 0.1) is 5.92 Å². The lowest BCUT2D eigenvalue weighted by Crippen LogP contribution is -2.34. The molecule has 0 aliphatic carbocycles. The first-order valence-corrected chi connectivity index (χ1v) is 8.35. The van der Waals surface area contributed by atoms with Gasteiger partial charge < -0.3 is 15.4 Å². The van der Waals surface area contributed by atoms with Gasteiger partial charge in [-0.3, -0.25) is 9.48 Å². The average Bonchev–Trinajstić information content (AvgIpc) is 3.19. The molecule has 7 nitrogen and oxygen atoms in total. The number of H-pyrrole nitrogens is 1. The van der Waals surface area contributed by atoms with Crippen LogP contribution in [0.15, 0.2) is 36.7 Å². The van der Waals surface area contributed by atoms with E-state index in [1.165, 1.54) is 6.20 Å². The number of aryl methyl sites for hydroxylation is 1. The summed E-state index contributed by atoms with van der Waals surface area (Å²) >= 11 is 0. The van der Waals surface area contributed by atoms with Crippen LogP contribution in [0.1, 0.15) is 43.8 Å². The molecule has 0 unspecified atom stereocenters. The van der Waals surface area contributed by atoms with Gasteiger partial charge in [0.2, 0.25) is 0 Å². The number of para-hydroxylation sites is 2. The van der Waals surface area contributed by atoms with Crippen molar-refractivity contribution in [1.82, 2.24) is 25.1 Å². The van der Waals surface area contributed by atoms with Gasteiger partial charge in [0.25, 0.3) is 5.91 Å². The lowest BCUT2D eigenvalue weighted by atomic mass is 10.0. The molecule has 0 bridgehead atoms. The van der Waals surface area contributed by atoms with Gasteiger partial charge in [-0.15, -0.1) is 0 Å². The fourth-order valence-electron chi connectivity index (χ4n) is 2.83. The topological polar surface area (TPSA) is 95.8 Å². The normalized spacial score (nSPS) is 14.0. The highest BCUT2D eigenvalue weighted by atomic mass is 16.3. The minimum Gasteiger partial charge on any atom is -0.378 e. The third kappa shape index (κ3) is 3.88. The number of amides is 1. The van der Waals surface area contributed by atoms with Crippen LogP contribution in [-0.4, -0.2) is 30.8 Å². The number of carbonyl (C=O) groups is 1. The number of nitrogens with zero attached hydrogens (tertiary/aromatic N) is 3. The number of benzene rings is 1. The van der Waals surface area contributed by atoms with Crippen LogP contribution in [0.5, 0.6) is 0 Å². The third-order valence-electron chi connectivity index (χ3n) is 4.05. The van der Waals surface area contributed by atoms with E-state index >= 15 is 0 Å². The Kier molecular flexibility index (Phi) is 4.85. The molecule has 0 saturated heterocycles. The van der Waals surface area contributed by atoms with E-state index < -0.39 is 12.0 Å². The fourth-order valence-corrected chi connectivity index (χ4v) is 2.83. The molecule has 25 heavy (non-hydrogen) atoms. The summed E-state index contributed by atoms with van der Waals surface area (Å²) in [6, 6.07) is 7.44. The summed E-state index contributed by atoms with van der Waals surface area (Å²) in [5, 5.41) is 17.2. The second kappa shape index (κ2) is 7.06. The maximum Gasteiger partial charge on any atom is 0.254 e. The molecule has 3 aromatic rings. The number of aromatic amines is 1. The predicted octanol–water partition coefficient (Wildman–Crippen LogP) is 2.23. The molecule has 2 atom stereocenters. The molecule has 3 rings (SSSR count). The maximum atomic E-state index is 12.5. The van der Waals surface area contributed by atoms with Crippen molar-refractivity contribution < 1.29 is 9.90 Å². The summed E-state index contributed by atoms with van der Waals surface area (Å²) < 4.78 is 1.55. The SMILES string of the molecule is CC(C)C[C@@H](NC(=O)[C@H](O)c1cnn(C)c1)c1nc2ccccc2[nH]1. The highest BCUT2D eigenvalue weighted by Crippen LogP contribution is 2.23. The third-order valence-corrected chi connectivity index (χ3v) is 4.05. The van der Waals surface area contributed by atoms with Gasteiger partial charge in [-0.1, -0.05) is 26.0 Å². The number of rotatable bonds is 6. The molecule has 1 amide bonds. The number of fused-ring (bicyclic) bond motifs is 1. The lowest BCUT2D eigenvalue weighted by Gasteiger charge is -2.20. The van der Waals surface area contributed by atoms with Crippen LogP contribution in [0.4, 0.5) is 0 Å². The number of aliphatic hydroxyl groups excluding tert-OH is 1. The van der Waals surface area contributed by atoms with Gasteiger partial charge in [0.15, 0.2) is 6.10 Å². The molecular weight excluding hydrogens is 318 g/mol. The van der Waals surface area contributed by atoms with Crippen LogP contribution in [0.2, 0.25) is 0 Å². The summed E-state index contributed by atoms with van der Waals surface area (Å²) in [5.74, 6) is 0.592. The average molecular weight is 341 g/mol. The van der Waals surface area contributed by atoms with Crippen molar-refractivity contribution in [1.29, 1.82) is 0 Å². The van der Waals surface area contributed by atoms with E-state index in [1.807, 2.05) is 24.3 Å². The van der Waals surface area contributed by atoms with E-state index in [4.69, 9.17) is 0 Å². The zero-order valence-corrected chi connectivity index (χ0v) is 14.6. The minimum absolute atomic E-state index is 0.300. The second-order valence-electron chi connectivity index (χ2n) is 6.68. The lowest BCUT2D eigenvalue weighted by molar-refractivity contribution is -0.130. The number of aliphatic hydroxyl groups is 1. The number of aromatic nitrogens is 4. The van der Waals surface area contributed by atoms with Crippen molar-refractivity contribution in [3.63, 3.8) is 0 Å². The van der Waals surface area contributed by atoms with Gasteiger partial charge >= 0.3 is 0 Å². The Morgan fingerprint density at radius 3 is 2.76 bits per heavy atom. The Bertz CT molecular complexity index is 834. The van der Waals surface area contributed by atoms with Crippen LogP contribution in [0.25, 0.3) is 11.0 Å². The molecule has 0 saturated carbocycles. The summed E-state index contributed by atoms with van der Waals surface area (Å²) in [4.78, 5) is 20.3. The monoisotopic (exact) mass is 341 g/mol. The Hall–Kier alpha value is -2.67. The van der Waals surface area contributed by atoms with Gasteiger partial charge in [-0.2, -0.15) is 5.10 Å². The van der Waals surface area contributed by atoms with E-state index in [9.17, 15) is 9.90 Å². The number of hydrogen-bond acceptors (Lipinski definition) is 4. The highest BCUT2D eigenvalue weighted by Gasteiger charge is 2.25. The van der Waals surface area contributed by atoms with Gasteiger partial charge in [0.1, 0.15) is 5.82 Å². The van der Waals surface area contributed by atoms with Crippen LogP contribution in [-0.2, 0) is 11.8 Å². The first-order chi connectivity index (χ1) is 11.9. The van der Waals surface area contributed by atoms with Crippen molar-refractivity contribution in [3.05, 3.63) is 48.0 Å². The van der Waals surface area contributed by atoms with E-state index in [2.05, 4.69) is 34.2 Å². The molecule has 0 radical (unpaired) electrons. The zero-order chi connectivity index (χ0) is 18.0. The molecule has 132 valence electrons. The molecule has 1 aromatic carbocycles. The number of hydrogen-bond donors (Lipinski definition) is 3. The Labute approximate surface area is 146 Å². The van der Waals surface area contributed by atoms with Gasteiger partial charge in [-0.25, -0.2) is 4.98 Å². The second-order valence-corrected chi connectivity index (χ2v) is 6.68. The van der Waals surface area contributed by atoms with Gasteiger partial charge in [0.05, 0.1) is 23.3 Å². The highest BCUT2D eigenvalue weighted by molar-refractivity contribution is 5.82. The van der Waals surface area contributed by atoms with Crippen LogP contribution >= 0.6 is 0 Å². The van der Waals surface area contributed by atoms with Crippen molar-refractivity contribution in [2.45, 2.75) is 32.4 Å². The molecule has 0 aliphatic rings. The summed E-state index contributed by atoms with van der Waals surface area (Å²) in [6.45, 7) is 4.17. The van der Waals surface area contributed by atoms with Crippen molar-refractivity contribution in [2.75, 3.05) is 0 Å². The Morgan fingerprint density at radius 2 is 2.12 bits per heavy atom. The molecule has 0 fully saturated rings. The Morgan fingerprint density at radius 1 is 1.36 bits per heavy atom. The predicted molar refractivity (Wildman–Crippen MR) is 94.6 cm³/mol. The molecule has 7 heteroatoms. The quantitative estimate of drug-likeness (QED) is 0.641. The number of carbonyl (C=O) groups excluding carboxylic acids is 1. The number of nitrogens with one attached hydrogen (secondary N) is 2. The number of imidazole rings is 1. The molecular formula is C18H23N5O2. The van der Waals surface area contributed by atoms with E-state index in [0.29, 0.717) is 23.7 Å².